The molecule has 0 saturated carbocycles. The molecule has 0 aliphatic carbocycles. The van der Waals surface area contributed by atoms with Crippen LogP contribution >= 0.6 is 0 Å². The van der Waals surface area contributed by atoms with E-state index in [4.69, 9.17) is 14.2 Å². The topological polar surface area (TPSA) is 78.9 Å². The van der Waals surface area contributed by atoms with Crippen LogP contribution in [0.2, 0.25) is 0 Å². The maximum Gasteiger partial charge on any atom is 0.306 e. The van der Waals surface area contributed by atoms with Crippen LogP contribution in [0.15, 0.2) is 97.2 Å². The molecule has 0 radical (unpaired) electrons. The smallest absolute Gasteiger partial charge is 0.306 e. The zero-order valence-electron chi connectivity index (χ0n) is 52.1. The number of hydrogen-bond acceptors (Lipinski definition) is 6. The molecule has 0 aliphatic rings. The van der Waals surface area contributed by atoms with Gasteiger partial charge < -0.3 is 14.2 Å². The minimum Gasteiger partial charge on any atom is -0.462 e. The zero-order chi connectivity index (χ0) is 57.1. The van der Waals surface area contributed by atoms with Crippen molar-refractivity contribution in [3.8, 4) is 0 Å². The molecule has 0 aromatic rings. The zero-order valence-corrected chi connectivity index (χ0v) is 52.1. The highest BCUT2D eigenvalue weighted by Gasteiger charge is 2.19. The van der Waals surface area contributed by atoms with E-state index in [1.165, 1.54) is 161 Å². The number of carbonyl (C=O) groups excluding carboxylic acids is 3. The first-order valence-electron chi connectivity index (χ1n) is 33.7. The van der Waals surface area contributed by atoms with Crippen molar-refractivity contribution >= 4 is 17.9 Å². The molecule has 0 amide bonds. The van der Waals surface area contributed by atoms with Gasteiger partial charge in [-0.2, -0.15) is 0 Å². The summed E-state index contributed by atoms with van der Waals surface area (Å²) in [6.07, 6.45) is 90.0. The third-order valence-electron chi connectivity index (χ3n) is 14.5. The van der Waals surface area contributed by atoms with Gasteiger partial charge in [0.2, 0.25) is 0 Å². The molecule has 454 valence electrons. The highest BCUT2D eigenvalue weighted by atomic mass is 16.6. The number of esters is 3. The summed E-state index contributed by atoms with van der Waals surface area (Å²) in [4.78, 5) is 38.3. The van der Waals surface area contributed by atoms with Crippen LogP contribution in [0.5, 0.6) is 0 Å². The number of carbonyl (C=O) groups is 3. The number of allylic oxidation sites excluding steroid dienone is 16. The molecule has 6 heteroatoms. The molecule has 0 rings (SSSR count). The molecule has 0 aromatic carbocycles. The van der Waals surface area contributed by atoms with Crippen LogP contribution in [0.1, 0.15) is 329 Å². The van der Waals surface area contributed by atoms with Gasteiger partial charge >= 0.3 is 17.9 Å². The SMILES string of the molecule is CC/C=C\C/C=C\C/C=C\C/C=C\CCCCCCCCCCCCCCCCCCCCC(=O)OCC(COC(=O)CCCCCCC/C=C\C/C=C\CCCC)OC(=O)CCCCCCC/C=C\C/C=C\CCCCCC. The van der Waals surface area contributed by atoms with Gasteiger partial charge in [0.05, 0.1) is 0 Å². The van der Waals surface area contributed by atoms with Crippen molar-refractivity contribution in [1.82, 2.24) is 0 Å². The first-order valence-corrected chi connectivity index (χ1v) is 33.7. The maximum absolute atomic E-state index is 12.9. The van der Waals surface area contributed by atoms with Gasteiger partial charge in [-0.05, 0) is 116 Å². The largest absolute Gasteiger partial charge is 0.462 e. The monoisotopic (exact) mass is 1100 g/mol. The van der Waals surface area contributed by atoms with Gasteiger partial charge in [0.25, 0.3) is 0 Å². The van der Waals surface area contributed by atoms with Crippen molar-refractivity contribution in [2.45, 2.75) is 335 Å². The van der Waals surface area contributed by atoms with Gasteiger partial charge in [0, 0.05) is 19.3 Å². The lowest BCUT2D eigenvalue weighted by molar-refractivity contribution is -0.167. The van der Waals surface area contributed by atoms with Crippen LogP contribution in [0.4, 0.5) is 0 Å². The molecule has 0 N–H and O–H groups in total. The molecular formula is C73H126O6. The lowest BCUT2D eigenvalue weighted by Gasteiger charge is -2.18. The Bertz CT molecular complexity index is 1540. The molecule has 0 saturated heterocycles. The quantitative estimate of drug-likeness (QED) is 0.0261. The molecule has 1 atom stereocenters. The molecule has 0 aromatic heterocycles. The average molecular weight is 1100 g/mol. The lowest BCUT2D eigenvalue weighted by atomic mass is 10.0. The van der Waals surface area contributed by atoms with Crippen LogP contribution in [0.25, 0.3) is 0 Å². The average Bonchev–Trinajstić information content (AvgIpc) is 3.45. The predicted molar refractivity (Wildman–Crippen MR) is 344 cm³/mol. The third kappa shape index (κ3) is 65.0. The van der Waals surface area contributed by atoms with Crippen molar-refractivity contribution in [3.63, 3.8) is 0 Å². The number of ether oxygens (including phenoxy) is 3. The molecule has 0 spiro atoms. The number of hydrogen-bond donors (Lipinski definition) is 0. The predicted octanol–water partition coefficient (Wildman–Crippen LogP) is 23.2. The first-order chi connectivity index (χ1) is 39.0. The second-order valence-corrected chi connectivity index (χ2v) is 22.3. The van der Waals surface area contributed by atoms with E-state index in [1.807, 2.05) is 0 Å². The molecule has 0 bridgehead atoms. The molecule has 79 heavy (non-hydrogen) atoms. The molecule has 0 aliphatic heterocycles. The van der Waals surface area contributed by atoms with E-state index in [0.717, 1.165) is 128 Å². The van der Waals surface area contributed by atoms with Gasteiger partial charge in [0.15, 0.2) is 6.10 Å². The summed E-state index contributed by atoms with van der Waals surface area (Å²) in [6, 6.07) is 0. The normalized spacial score (nSPS) is 12.7. The van der Waals surface area contributed by atoms with E-state index in [-0.39, 0.29) is 31.1 Å². The van der Waals surface area contributed by atoms with Gasteiger partial charge in [0.1, 0.15) is 13.2 Å². The van der Waals surface area contributed by atoms with Crippen molar-refractivity contribution in [2.24, 2.45) is 0 Å². The van der Waals surface area contributed by atoms with Crippen molar-refractivity contribution in [1.29, 1.82) is 0 Å². The van der Waals surface area contributed by atoms with Gasteiger partial charge in [-0.25, -0.2) is 0 Å². The fourth-order valence-electron chi connectivity index (χ4n) is 9.48. The summed E-state index contributed by atoms with van der Waals surface area (Å²) in [5.74, 6) is -0.900. The molecule has 0 heterocycles. The standard InChI is InChI=1S/C73H126O6/c1-4-7-10-13-16-19-22-25-28-30-31-32-33-34-35-36-37-38-39-40-41-42-43-44-46-48-51-54-57-60-63-66-72(75)78-69-70(68-77-71(74)65-62-59-56-53-50-47-27-24-21-18-15-12-9-6-3)79-73(76)67-64-61-58-55-52-49-45-29-26-23-20-17-14-11-8-5-2/h7,10,15-16,18-20,23-25,27-29,31-32,45,70H,4-6,8-9,11-14,17,21-22,26,30,33-44,46-69H2,1-3H3/b10-7-,18-15-,19-16-,23-20-,27-24-,28-25-,32-31-,45-29-. The summed E-state index contributed by atoms with van der Waals surface area (Å²) in [6.45, 7) is 6.48. The van der Waals surface area contributed by atoms with E-state index in [2.05, 4.69) is 118 Å². The van der Waals surface area contributed by atoms with Crippen LogP contribution < -0.4 is 0 Å². The minimum absolute atomic E-state index is 0.0850. The van der Waals surface area contributed by atoms with E-state index in [0.29, 0.717) is 19.3 Å². The Morgan fingerprint density at radius 1 is 0.266 bits per heavy atom. The first kappa shape index (κ1) is 75.3. The fourth-order valence-corrected chi connectivity index (χ4v) is 9.48. The third-order valence-corrected chi connectivity index (χ3v) is 14.5. The summed E-state index contributed by atoms with van der Waals surface area (Å²) in [5.41, 5.74) is 0. The van der Waals surface area contributed by atoms with Crippen LogP contribution in [-0.2, 0) is 28.6 Å². The Hall–Kier alpha value is -3.67. The Morgan fingerprint density at radius 2 is 0.506 bits per heavy atom. The van der Waals surface area contributed by atoms with Gasteiger partial charge in [-0.1, -0.05) is 291 Å². The van der Waals surface area contributed by atoms with Crippen molar-refractivity contribution < 1.29 is 28.6 Å². The fraction of sp³-hybridized carbons (Fsp3) is 0.740. The van der Waals surface area contributed by atoms with Gasteiger partial charge in [-0.3, -0.25) is 14.4 Å². The second-order valence-electron chi connectivity index (χ2n) is 22.3. The van der Waals surface area contributed by atoms with Crippen LogP contribution in [-0.4, -0.2) is 37.2 Å². The number of unbranched alkanes of at least 4 members (excludes halogenated alkanes) is 34. The molecule has 1 unspecified atom stereocenters. The van der Waals surface area contributed by atoms with E-state index >= 15 is 0 Å². The summed E-state index contributed by atoms with van der Waals surface area (Å²) >= 11 is 0. The lowest BCUT2D eigenvalue weighted by Crippen LogP contribution is -2.30. The summed E-state index contributed by atoms with van der Waals surface area (Å²) in [7, 11) is 0. The van der Waals surface area contributed by atoms with Crippen LogP contribution in [0.3, 0.4) is 0 Å². The summed E-state index contributed by atoms with van der Waals surface area (Å²) < 4.78 is 16.9. The minimum atomic E-state index is -0.790. The maximum atomic E-state index is 12.9. The molecule has 0 fully saturated rings. The molecular weight excluding hydrogens is 973 g/mol. The van der Waals surface area contributed by atoms with E-state index in [1.54, 1.807) is 0 Å². The Balaban J connectivity index is 4.21. The summed E-state index contributed by atoms with van der Waals surface area (Å²) in [5, 5.41) is 0. The van der Waals surface area contributed by atoms with Crippen molar-refractivity contribution in [2.75, 3.05) is 13.2 Å². The Labute approximate surface area is 489 Å². The van der Waals surface area contributed by atoms with Gasteiger partial charge in [-0.15, -0.1) is 0 Å². The Kier molecular flexibility index (Phi) is 63.7. The van der Waals surface area contributed by atoms with E-state index < -0.39 is 6.10 Å². The Morgan fingerprint density at radius 3 is 0.810 bits per heavy atom. The molecule has 6 nitrogen and oxygen atoms in total. The second kappa shape index (κ2) is 66.8. The number of rotatable bonds is 61. The van der Waals surface area contributed by atoms with E-state index in [9.17, 15) is 14.4 Å². The highest BCUT2D eigenvalue weighted by molar-refractivity contribution is 5.71. The van der Waals surface area contributed by atoms with Crippen molar-refractivity contribution in [3.05, 3.63) is 97.2 Å². The highest BCUT2D eigenvalue weighted by Crippen LogP contribution is 2.17. The van der Waals surface area contributed by atoms with Crippen LogP contribution in [0, 0.1) is 0 Å².